The van der Waals surface area contributed by atoms with Crippen LogP contribution in [0.4, 0.5) is 11.5 Å². The number of anilines is 2. The highest BCUT2D eigenvalue weighted by Gasteiger charge is 2.06. The van der Waals surface area contributed by atoms with Crippen LogP contribution in [0.5, 0.6) is 5.75 Å². The first kappa shape index (κ1) is 11.0. The van der Waals surface area contributed by atoms with Crippen LogP contribution in [0, 0.1) is 0 Å². The number of nitrogens with two attached hydrogens (primary N) is 1. The zero-order valence-electron chi connectivity index (χ0n) is 8.65. The van der Waals surface area contributed by atoms with E-state index in [4.69, 9.17) is 10.5 Å². The van der Waals surface area contributed by atoms with Crippen molar-refractivity contribution in [2.75, 3.05) is 18.2 Å². The normalized spacial score (nSPS) is 10.3. The fourth-order valence-electron chi connectivity index (χ4n) is 1.02. The van der Waals surface area contributed by atoms with Gasteiger partial charge < -0.3 is 15.8 Å². The molecular formula is C10H13N3O2. The van der Waals surface area contributed by atoms with Crippen molar-refractivity contribution in [1.29, 1.82) is 0 Å². The minimum Gasteiger partial charge on any atom is -0.493 e. The maximum atomic E-state index is 11.2. The number of ether oxygens (including phenoxy) is 1. The summed E-state index contributed by atoms with van der Waals surface area (Å²) in [6.07, 6.45) is 4.49. The summed E-state index contributed by atoms with van der Waals surface area (Å²) >= 11 is 0. The van der Waals surface area contributed by atoms with Gasteiger partial charge in [-0.2, -0.15) is 0 Å². The molecule has 0 radical (unpaired) electrons. The third-order valence-corrected chi connectivity index (χ3v) is 1.65. The highest BCUT2D eigenvalue weighted by Crippen LogP contribution is 2.23. The molecule has 1 rings (SSSR count). The highest BCUT2D eigenvalue weighted by atomic mass is 16.5. The lowest BCUT2D eigenvalue weighted by Crippen LogP contribution is -2.10. The average molecular weight is 207 g/mol. The molecule has 1 aromatic heterocycles. The van der Waals surface area contributed by atoms with Gasteiger partial charge in [0.2, 0.25) is 5.91 Å². The number of nitrogen functional groups attached to an aromatic ring is 1. The van der Waals surface area contributed by atoms with Crippen LogP contribution in [-0.4, -0.2) is 18.0 Å². The molecule has 3 N–H and O–H groups in total. The number of amides is 1. The van der Waals surface area contributed by atoms with Crippen LogP contribution >= 0.6 is 0 Å². The van der Waals surface area contributed by atoms with E-state index in [9.17, 15) is 4.79 Å². The summed E-state index contributed by atoms with van der Waals surface area (Å²) < 4.78 is 5.02. The van der Waals surface area contributed by atoms with Gasteiger partial charge in [0.25, 0.3) is 0 Å². The molecule has 80 valence electrons. The summed E-state index contributed by atoms with van der Waals surface area (Å²) in [6.45, 7) is 1.76. The lowest BCUT2D eigenvalue weighted by Gasteiger charge is -2.07. The molecule has 0 bridgehead atoms. The average Bonchev–Trinajstić information content (AvgIpc) is 2.21. The molecule has 1 heterocycles. The SMILES string of the molecule is C/C=C/C(=O)Nc1ncc(N)cc1OC. The Morgan fingerprint density at radius 1 is 1.67 bits per heavy atom. The van der Waals surface area contributed by atoms with E-state index in [1.54, 1.807) is 19.1 Å². The molecule has 5 nitrogen and oxygen atoms in total. The molecule has 5 heteroatoms. The summed E-state index contributed by atoms with van der Waals surface area (Å²) in [4.78, 5) is 15.2. The second-order valence-electron chi connectivity index (χ2n) is 2.81. The third kappa shape index (κ3) is 2.98. The number of hydrogen-bond acceptors (Lipinski definition) is 4. The minimum atomic E-state index is -0.256. The number of pyridine rings is 1. The molecule has 0 aliphatic carbocycles. The molecule has 0 aliphatic heterocycles. The second kappa shape index (κ2) is 4.99. The molecule has 0 unspecified atom stereocenters. The first-order chi connectivity index (χ1) is 7.17. The van der Waals surface area contributed by atoms with E-state index in [1.807, 2.05) is 0 Å². The molecule has 1 aromatic rings. The van der Waals surface area contributed by atoms with E-state index < -0.39 is 0 Å². The Labute approximate surface area is 88.0 Å². The van der Waals surface area contributed by atoms with Crippen LogP contribution in [0.2, 0.25) is 0 Å². The predicted molar refractivity (Wildman–Crippen MR) is 58.6 cm³/mol. The molecule has 0 spiro atoms. The third-order valence-electron chi connectivity index (χ3n) is 1.65. The maximum absolute atomic E-state index is 11.2. The monoisotopic (exact) mass is 207 g/mol. The lowest BCUT2D eigenvalue weighted by molar-refractivity contribution is -0.111. The van der Waals surface area contributed by atoms with E-state index in [0.29, 0.717) is 17.3 Å². The fraction of sp³-hybridized carbons (Fsp3) is 0.200. The Balaban J connectivity index is 2.89. The van der Waals surface area contributed by atoms with Gasteiger partial charge >= 0.3 is 0 Å². The van der Waals surface area contributed by atoms with Gasteiger partial charge in [0.05, 0.1) is 19.0 Å². The number of carbonyl (C=O) groups is 1. The zero-order valence-corrected chi connectivity index (χ0v) is 8.65. The number of nitrogens with zero attached hydrogens (tertiary/aromatic N) is 1. The topological polar surface area (TPSA) is 77.2 Å². The van der Waals surface area contributed by atoms with Gasteiger partial charge in [-0.15, -0.1) is 0 Å². The van der Waals surface area contributed by atoms with Gasteiger partial charge in [-0.05, 0) is 13.0 Å². The smallest absolute Gasteiger partial charge is 0.249 e. The van der Waals surface area contributed by atoms with E-state index in [1.165, 1.54) is 19.4 Å². The molecule has 0 saturated carbocycles. The van der Waals surface area contributed by atoms with Gasteiger partial charge in [0.1, 0.15) is 0 Å². The van der Waals surface area contributed by atoms with Gasteiger partial charge in [0, 0.05) is 6.07 Å². The quantitative estimate of drug-likeness (QED) is 0.730. The number of allylic oxidation sites excluding steroid dienone is 1. The van der Waals surface area contributed by atoms with Crippen molar-refractivity contribution in [3.05, 3.63) is 24.4 Å². The van der Waals surface area contributed by atoms with Crippen LogP contribution < -0.4 is 15.8 Å². The minimum absolute atomic E-state index is 0.256. The molecule has 0 aliphatic rings. The maximum Gasteiger partial charge on any atom is 0.249 e. The zero-order chi connectivity index (χ0) is 11.3. The Morgan fingerprint density at radius 2 is 2.40 bits per heavy atom. The highest BCUT2D eigenvalue weighted by molar-refractivity contribution is 5.99. The second-order valence-corrected chi connectivity index (χ2v) is 2.81. The number of nitrogens with one attached hydrogen (secondary N) is 1. The summed E-state index contributed by atoms with van der Waals surface area (Å²) in [5.41, 5.74) is 6.01. The Hall–Kier alpha value is -2.04. The van der Waals surface area contributed by atoms with E-state index >= 15 is 0 Å². The molecule has 1 amide bonds. The number of carbonyl (C=O) groups excluding carboxylic acids is 1. The molecule has 15 heavy (non-hydrogen) atoms. The molecule has 0 saturated heterocycles. The molecule has 0 aromatic carbocycles. The Morgan fingerprint density at radius 3 is 3.00 bits per heavy atom. The number of hydrogen-bond donors (Lipinski definition) is 2. The van der Waals surface area contributed by atoms with Crippen LogP contribution in [0.15, 0.2) is 24.4 Å². The summed E-state index contributed by atoms with van der Waals surface area (Å²) in [5.74, 6) is 0.538. The van der Waals surface area contributed by atoms with Gasteiger partial charge in [-0.1, -0.05) is 6.08 Å². The van der Waals surface area contributed by atoms with Gasteiger partial charge in [-0.3, -0.25) is 4.79 Å². The van der Waals surface area contributed by atoms with E-state index in [0.717, 1.165) is 0 Å². The van der Waals surface area contributed by atoms with Crippen LogP contribution in [-0.2, 0) is 4.79 Å². The summed E-state index contributed by atoms with van der Waals surface area (Å²) in [7, 11) is 1.49. The largest absolute Gasteiger partial charge is 0.493 e. The number of rotatable bonds is 3. The summed E-state index contributed by atoms with van der Waals surface area (Å²) in [6, 6.07) is 1.60. The Bertz CT molecular complexity index is 388. The molecule has 0 atom stereocenters. The first-order valence-electron chi connectivity index (χ1n) is 4.40. The van der Waals surface area contributed by atoms with Crippen molar-refractivity contribution >= 4 is 17.4 Å². The van der Waals surface area contributed by atoms with Crippen molar-refractivity contribution in [2.24, 2.45) is 0 Å². The molecular weight excluding hydrogens is 194 g/mol. The molecule has 0 fully saturated rings. The predicted octanol–water partition coefficient (Wildman–Crippen LogP) is 1.19. The van der Waals surface area contributed by atoms with E-state index in [-0.39, 0.29) is 5.91 Å². The lowest BCUT2D eigenvalue weighted by atomic mass is 10.3. The Kier molecular flexibility index (Phi) is 3.68. The fourth-order valence-corrected chi connectivity index (χ4v) is 1.02. The van der Waals surface area contributed by atoms with E-state index in [2.05, 4.69) is 10.3 Å². The van der Waals surface area contributed by atoms with Crippen LogP contribution in [0.3, 0.4) is 0 Å². The van der Waals surface area contributed by atoms with Gasteiger partial charge in [-0.25, -0.2) is 4.98 Å². The van der Waals surface area contributed by atoms with Crippen molar-refractivity contribution < 1.29 is 9.53 Å². The number of aromatic nitrogens is 1. The van der Waals surface area contributed by atoms with Crippen molar-refractivity contribution in [3.63, 3.8) is 0 Å². The summed E-state index contributed by atoms with van der Waals surface area (Å²) in [5, 5.41) is 2.57. The van der Waals surface area contributed by atoms with Crippen LogP contribution in [0.25, 0.3) is 0 Å². The number of methoxy groups -OCH3 is 1. The van der Waals surface area contributed by atoms with Crippen molar-refractivity contribution in [3.8, 4) is 5.75 Å². The van der Waals surface area contributed by atoms with Crippen molar-refractivity contribution in [2.45, 2.75) is 6.92 Å². The van der Waals surface area contributed by atoms with Crippen LogP contribution in [0.1, 0.15) is 6.92 Å². The van der Waals surface area contributed by atoms with Gasteiger partial charge in [0.15, 0.2) is 11.6 Å². The van der Waals surface area contributed by atoms with Crippen molar-refractivity contribution in [1.82, 2.24) is 4.98 Å². The standard InChI is InChI=1S/C10H13N3O2/c1-3-4-9(14)13-10-8(15-2)5-7(11)6-12-10/h3-6H,11H2,1-2H3,(H,12,13,14)/b4-3+. The first-order valence-corrected chi connectivity index (χ1v) is 4.40.